The Kier molecular flexibility index (Phi) is 8.75. The Balaban J connectivity index is 0.00000324. The van der Waals surface area contributed by atoms with Crippen LogP contribution < -0.4 is 14.8 Å². The van der Waals surface area contributed by atoms with Crippen molar-refractivity contribution in [2.75, 3.05) is 26.2 Å². The SMILES string of the molecule is CCNCCNS(=O)(=O)c1ccc(OCC)cc1.Cl. The maximum absolute atomic E-state index is 11.9. The molecule has 1 aromatic carbocycles. The number of likely N-dealkylation sites (N-methyl/N-ethyl adjacent to an activating group) is 1. The summed E-state index contributed by atoms with van der Waals surface area (Å²) in [6.07, 6.45) is 0. The van der Waals surface area contributed by atoms with E-state index in [0.29, 0.717) is 25.4 Å². The van der Waals surface area contributed by atoms with Crippen LogP contribution >= 0.6 is 12.4 Å². The second kappa shape index (κ2) is 9.14. The Hall–Kier alpha value is -0.820. The molecule has 1 rings (SSSR count). The molecule has 19 heavy (non-hydrogen) atoms. The van der Waals surface area contributed by atoms with E-state index in [9.17, 15) is 8.42 Å². The summed E-state index contributed by atoms with van der Waals surface area (Å²) in [6, 6.07) is 6.39. The number of rotatable bonds is 8. The highest BCUT2D eigenvalue weighted by Gasteiger charge is 2.12. The topological polar surface area (TPSA) is 67.4 Å². The molecular formula is C12H21ClN2O3S. The molecule has 0 radical (unpaired) electrons. The van der Waals surface area contributed by atoms with Crippen LogP contribution in [-0.4, -0.2) is 34.7 Å². The van der Waals surface area contributed by atoms with Gasteiger partial charge in [-0.05, 0) is 37.7 Å². The first-order valence-electron chi connectivity index (χ1n) is 6.03. The lowest BCUT2D eigenvalue weighted by Gasteiger charge is -2.08. The van der Waals surface area contributed by atoms with Gasteiger partial charge in [-0.3, -0.25) is 0 Å². The van der Waals surface area contributed by atoms with Crippen molar-refractivity contribution in [3.63, 3.8) is 0 Å². The molecule has 0 aromatic heterocycles. The molecule has 5 nitrogen and oxygen atoms in total. The predicted octanol–water partition coefficient (Wildman–Crippen LogP) is 1.39. The summed E-state index contributed by atoms with van der Waals surface area (Å²) in [4.78, 5) is 0.252. The van der Waals surface area contributed by atoms with Gasteiger partial charge in [0.2, 0.25) is 10.0 Å². The minimum absolute atomic E-state index is 0. The van der Waals surface area contributed by atoms with Crippen LogP contribution in [0.1, 0.15) is 13.8 Å². The summed E-state index contributed by atoms with van der Waals surface area (Å²) in [6.45, 7) is 6.24. The Morgan fingerprint density at radius 2 is 1.74 bits per heavy atom. The van der Waals surface area contributed by atoms with Crippen molar-refractivity contribution >= 4 is 22.4 Å². The van der Waals surface area contributed by atoms with Gasteiger partial charge < -0.3 is 10.1 Å². The fourth-order valence-electron chi connectivity index (χ4n) is 1.42. The highest BCUT2D eigenvalue weighted by atomic mass is 35.5. The first-order valence-corrected chi connectivity index (χ1v) is 7.51. The number of benzene rings is 1. The lowest BCUT2D eigenvalue weighted by molar-refractivity contribution is 0.340. The van der Waals surface area contributed by atoms with Crippen LogP contribution in [0.25, 0.3) is 0 Å². The van der Waals surface area contributed by atoms with Gasteiger partial charge in [-0.1, -0.05) is 6.92 Å². The van der Waals surface area contributed by atoms with Crippen molar-refractivity contribution in [2.45, 2.75) is 18.7 Å². The van der Waals surface area contributed by atoms with E-state index in [4.69, 9.17) is 4.74 Å². The summed E-state index contributed by atoms with van der Waals surface area (Å²) in [5.41, 5.74) is 0. The number of sulfonamides is 1. The molecule has 7 heteroatoms. The maximum atomic E-state index is 11.9. The van der Waals surface area contributed by atoms with E-state index in [1.165, 1.54) is 0 Å². The minimum Gasteiger partial charge on any atom is -0.494 e. The minimum atomic E-state index is -3.42. The summed E-state index contributed by atoms with van der Waals surface area (Å²) in [5.74, 6) is 0.670. The first-order chi connectivity index (χ1) is 8.60. The van der Waals surface area contributed by atoms with Gasteiger partial charge in [0.25, 0.3) is 0 Å². The quantitative estimate of drug-likeness (QED) is 0.712. The van der Waals surface area contributed by atoms with Crippen molar-refractivity contribution in [3.05, 3.63) is 24.3 Å². The molecular weight excluding hydrogens is 288 g/mol. The molecule has 110 valence electrons. The van der Waals surface area contributed by atoms with E-state index in [2.05, 4.69) is 10.0 Å². The van der Waals surface area contributed by atoms with E-state index < -0.39 is 10.0 Å². The van der Waals surface area contributed by atoms with Crippen molar-refractivity contribution < 1.29 is 13.2 Å². The summed E-state index contributed by atoms with van der Waals surface area (Å²) in [7, 11) is -3.42. The highest BCUT2D eigenvalue weighted by Crippen LogP contribution is 2.15. The maximum Gasteiger partial charge on any atom is 0.240 e. The van der Waals surface area contributed by atoms with Crippen molar-refractivity contribution in [1.29, 1.82) is 0 Å². The van der Waals surface area contributed by atoms with Crippen LogP contribution in [0.2, 0.25) is 0 Å². The summed E-state index contributed by atoms with van der Waals surface area (Å²) < 4.78 is 31.6. The molecule has 0 bridgehead atoms. The van der Waals surface area contributed by atoms with Gasteiger partial charge in [-0.25, -0.2) is 13.1 Å². The van der Waals surface area contributed by atoms with Crippen LogP contribution in [0.4, 0.5) is 0 Å². The third kappa shape index (κ3) is 6.24. The van der Waals surface area contributed by atoms with Gasteiger partial charge in [0.05, 0.1) is 11.5 Å². The van der Waals surface area contributed by atoms with Crippen LogP contribution in [0.5, 0.6) is 5.75 Å². The Bertz CT molecular complexity index is 449. The summed E-state index contributed by atoms with van der Waals surface area (Å²) in [5, 5.41) is 3.05. The van der Waals surface area contributed by atoms with Gasteiger partial charge in [0.1, 0.15) is 5.75 Å². The molecule has 0 fully saturated rings. The molecule has 0 aliphatic carbocycles. The average molecular weight is 309 g/mol. The second-order valence-corrected chi connectivity index (χ2v) is 5.42. The van der Waals surface area contributed by atoms with Crippen molar-refractivity contribution in [2.24, 2.45) is 0 Å². The highest BCUT2D eigenvalue weighted by molar-refractivity contribution is 7.89. The Labute approximate surface area is 121 Å². The largest absolute Gasteiger partial charge is 0.494 e. The third-order valence-corrected chi connectivity index (χ3v) is 3.77. The standard InChI is InChI=1S/C12H20N2O3S.ClH/c1-3-13-9-10-14-18(15,16)12-7-5-11(6-8-12)17-4-2;/h5-8,13-14H,3-4,9-10H2,1-2H3;1H. The lowest BCUT2D eigenvalue weighted by Crippen LogP contribution is -2.31. The van der Waals surface area contributed by atoms with Crippen LogP contribution in [0, 0.1) is 0 Å². The number of hydrogen-bond donors (Lipinski definition) is 2. The zero-order valence-corrected chi connectivity index (χ0v) is 12.8. The molecule has 0 atom stereocenters. The second-order valence-electron chi connectivity index (χ2n) is 3.66. The van der Waals surface area contributed by atoms with Crippen LogP contribution in [0.3, 0.4) is 0 Å². The lowest BCUT2D eigenvalue weighted by atomic mass is 10.3. The molecule has 0 heterocycles. The number of ether oxygens (including phenoxy) is 1. The molecule has 0 saturated carbocycles. The molecule has 0 aliphatic rings. The van der Waals surface area contributed by atoms with Crippen molar-refractivity contribution in [3.8, 4) is 5.75 Å². The molecule has 0 aliphatic heterocycles. The predicted molar refractivity (Wildman–Crippen MR) is 78.6 cm³/mol. The number of halogens is 1. The van der Waals surface area contributed by atoms with Gasteiger partial charge in [-0.2, -0.15) is 0 Å². The zero-order valence-electron chi connectivity index (χ0n) is 11.2. The van der Waals surface area contributed by atoms with Crippen molar-refractivity contribution in [1.82, 2.24) is 10.0 Å². The average Bonchev–Trinajstić information content (AvgIpc) is 2.36. The zero-order chi connectivity index (χ0) is 13.4. The van der Waals surface area contributed by atoms with E-state index in [0.717, 1.165) is 6.54 Å². The van der Waals surface area contributed by atoms with Gasteiger partial charge in [-0.15, -0.1) is 12.4 Å². The van der Waals surface area contributed by atoms with E-state index in [-0.39, 0.29) is 17.3 Å². The number of nitrogens with one attached hydrogen (secondary N) is 2. The molecule has 0 saturated heterocycles. The van der Waals surface area contributed by atoms with E-state index >= 15 is 0 Å². The van der Waals surface area contributed by atoms with Crippen LogP contribution in [0.15, 0.2) is 29.2 Å². The fraction of sp³-hybridized carbons (Fsp3) is 0.500. The molecule has 0 unspecified atom stereocenters. The summed E-state index contributed by atoms with van der Waals surface area (Å²) >= 11 is 0. The first kappa shape index (κ1) is 18.2. The molecule has 0 spiro atoms. The molecule has 0 amide bonds. The van der Waals surface area contributed by atoms with Gasteiger partial charge >= 0.3 is 0 Å². The smallest absolute Gasteiger partial charge is 0.240 e. The monoisotopic (exact) mass is 308 g/mol. The Morgan fingerprint density at radius 1 is 1.11 bits per heavy atom. The molecule has 2 N–H and O–H groups in total. The van der Waals surface area contributed by atoms with E-state index in [1.807, 2.05) is 13.8 Å². The van der Waals surface area contributed by atoms with Gasteiger partial charge in [0.15, 0.2) is 0 Å². The molecule has 1 aromatic rings. The fourth-order valence-corrected chi connectivity index (χ4v) is 2.45. The third-order valence-electron chi connectivity index (χ3n) is 2.29. The van der Waals surface area contributed by atoms with E-state index in [1.54, 1.807) is 24.3 Å². The number of hydrogen-bond acceptors (Lipinski definition) is 4. The normalized spacial score (nSPS) is 10.8. The Morgan fingerprint density at radius 3 is 2.26 bits per heavy atom. The van der Waals surface area contributed by atoms with Gasteiger partial charge in [0, 0.05) is 13.1 Å². The van der Waals surface area contributed by atoms with Crippen LogP contribution in [-0.2, 0) is 10.0 Å².